The number of rotatable bonds is 5. The van der Waals surface area contributed by atoms with Crippen molar-refractivity contribution >= 4 is 17.6 Å². The highest BCUT2D eigenvalue weighted by molar-refractivity contribution is 6.03. The summed E-state index contributed by atoms with van der Waals surface area (Å²) in [5.41, 5.74) is -0.180. The summed E-state index contributed by atoms with van der Waals surface area (Å²) in [5.74, 6) is -0.200. The second-order valence-corrected chi connectivity index (χ2v) is 6.00. The van der Waals surface area contributed by atoms with Crippen molar-refractivity contribution in [2.75, 3.05) is 6.54 Å². The number of hydrogen-bond donors (Lipinski definition) is 0. The molecule has 1 rings (SSSR count). The summed E-state index contributed by atoms with van der Waals surface area (Å²) in [6.45, 7) is 8.15. The molecule has 1 aliphatic heterocycles. The Bertz CT molecular complexity index is 355. The Morgan fingerprint density at radius 1 is 1.33 bits per heavy atom. The van der Waals surface area contributed by atoms with E-state index < -0.39 is 0 Å². The van der Waals surface area contributed by atoms with Crippen LogP contribution in [0.2, 0.25) is 0 Å². The van der Waals surface area contributed by atoms with Gasteiger partial charge in [-0.25, -0.2) is 0 Å². The molecule has 0 aromatic heterocycles. The summed E-state index contributed by atoms with van der Waals surface area (Å²) < 4.78 is 0. The molecule has 1 fully saturated rings. The molecule has 4 nitrogen and oxygen atoms in total. The van der Waals surface area contributed by atoms with Crippen LogP contribution >= 0.6 is 0 Å². The van der Waals surface area contributed by atoms with Gasteiger partial charge >= 0.3 is 0 Å². The van der Waals surface area contributed by atoms with Crippen LogP contribution in [-0.2, 0) is 14.4 Å². The van der Waals surface area contributed by atoms with E-state index in [4.69, 9.17) is 0 Å². The van der Waals surface area contributed by atoms with E-state index in [9.17, 15) is 14.4 Å². The summed E-state index contributed by atoms with van der Waals surface area (Å²) >= 11 is 0. The number of carbonyl (C=O) groups is 3. The van der Waals surface area contributed by atoms with Crippen LogP contribution in [0.3, 0.4) is 0 Å². The lowest BCUT2D eigenvalue weighted by atomic mass is 9.80. The number of hydrogen-bond acceptors (Lipinski definition) is 3. The molecule has 1 saturated heterocycles. The molecular weight excluding hydrogens is 230 g/mol. The zero-order chi connectivity index (χ0) is 13.9. The first-order valence-electron chi connectivity index (χ1n) is 6.63. The third-order valence-corrected chi connectivity index (χ3v) is 3.52. The van der Waals surface area contributed by atoms with Crippen molar-refractivity contribution in [3.05, 3.63) is 0 Å². The van der Waals surface area contributed by atoms with E-state index in [1.54, 1.807) is 0 Å². The number of likely N-dealkylation sites (tertiary alicyclic amines) is 1. The van der Waals surface area contributed by atoms with E-state index in [1.165, 1.54) is 4.90 Å². The van der Waals surface area contributed by atoms with Gasteiger partial charge in [0.25, 0.3) is 0 Å². The van der Waals surface area contributed by atoms with Gasteiger partial charge in [-0.15, -0.1) is 0 Å². The minimum atomic E-state index is -0.216. The summed E-state index contributed by atoms with van der Waals surface area (Å²) in [6, 6.07) is 0. The minimum Gasteiger partial charge on any atom is -0.300 e. The highest BCUT2D eigenvalue weighted by Gasteiger charge is 2.44. The van der Waals surface area contributed by atoms with Gasteiger partial charge in [0.2, 0.25) is 11.8 Å². The average Bonchev–Trinajstić information content (AvgIpc) is 2.55. The van der Waals surface area contributed by atoms with Crippen molar-refractivity contribution < 1.29 is 14.4 Å². The molecule has 0 saturated carbocycles. The van der Waals surface area contributed by atoms with Gasteiger partial charge in [-0.3, -0.25) is 19.3 Å². The molecule has 0 radical (unpaired) electrons. The standard InChI is InChI=1S/C14H23NO3/c1-5-10(16)7-6-8-15-12(17)9-11(13(15)18)14(2,3)4/h11H,5-9H2,1-4H3. The highest BCUT2D eigenvalue weighted by atomic mass is 16.2. The van der Waals surface area contributed by atoms with E-state index in [1.807, 2.05) is 27.7 Å². The van der Waals surface area contributed by atoms with E-state index in [2.05, 4.69) is 0 Å². The van der Waals surface area contributed by atoms with Gasteiger partial charge in [0.15, 0.2) is 0 Å². The summed E-state index contributed by atoms with van der Waals surface area (Å²) in [6.07, 6.45) is 1.87. The van der Waals surface area contributed by atoms with Crippen molar-refractivity contribution in [1.82, 2.24) is 4.90 Å². The Hall–Kier alpha value is -1.19. The number of ketones is 1. The van der Waals surface area contributed by atoms with E-state index in [-0.39, 0.29) is 28.9 Å². The molecule has 1 heterocycles. The van der Waals surface area contributed by atoms with Crippen LogP contribution in [0, 0.1) is 11.3 Å². The molecule has 102 valence electrons. The topological polar surface area (TPSA) is 54.5 Å². The number of imide groups is 1. The first kappa shape index (κ1) is 14.9. The van der Waals surface area contributed by atoms with Gasteiger partial charge < -0.3 is 0 Å². The van der Waals surface area contributed by atoms with Crippen molar-refractivity contribution in [1.29, 1.82) is 0 Å². The molecule has 4 heteroatoms. The molecule has 0 N–H and O–H groups in total. The maximum absolute atomic E-state index is 12.1. The third kappa shape index (κ3) is 3.40. The number of amides is 2. The van der Waals surface area contributed by atoms with Crippen molar-refractivity contribution in [2.24, 2.45) is 11.3 Å². The lowest BCUT2D eigenvalue weighted by molar-refractivity contribution is -0.140. The first-order valence-corrected chi connectivity index (χ1v) is 6.63. The van der Waals surface area contributed by atoms with Crippen LogP contribution in [0.1, 0.15) is 53.4 Å². The predicted octanol–water partition coefficient (Wildman–Crippen LogP) is 2.17. The monoisotopic (exact) mass is 253 g/mol. The quantitative estimate of drug-likeness (QED) is 0.706. The van der Waals surface area contributed by atoms with Gasteiger partial charge in [-0.1, -0.05) is 27.7 Å². The zero-order valence-corrected chi connectivity index (χ0v) is 11.8. The maximum Gasteiger partial charge on any atom is 0.233 e. The lowest BCUT2D eigenvalue weighted by Gasteiger charge is -2.24. The fourth-order valence-electron chi connectivity index (χ4n) is 2.21. The van der Waals surface area contributed by atoms with Crippen LogP contribution in [0.25, 0.3) is 0 Å². The van der Waals surface area contributed by atoms with E-state index in [0.717, 1.165) is 0 Å². The second kappa shape index (κ2) is 5.63. The SMILES string of the molecule is CCC(=O)CCCN1C(=O)CC(C(C)(C)C)C1=O. The molecule has 0 aromatic rings. The van der Waals surface area contributed by atoms with E-state index >= 15 is 0 Å². The second-order valence-electron chi connectivity index (χ2n) is 6.00. The molecule has 0 aliphatic carbocycles. The van der Waals surface area contributed by atoms with Gasteiger partial charge in [0.05, 0.1) is 5.92 Å². The lowest BCUT2D eigenvalue weighted by Crippen LogP contribution is -2.34. The van der Waals surface area contributed by atoms with E-state index in [0.29, 0.717) is 32.2 Å². The fourth-order valence-corrected chi connectivity index (χ4v) is 2.21. The third-order valence-electron chi connectivity index (χ3n) is 3.52. The summed E-state index contributed by atoms with van der Waals surface area (Å²) in [4.78, 5) is 36.5. The Kier molecular flexibility index (Phi) is 4.65. The van der Waals surface area contributed by atoms with Gasteiger partial charge in [-0.05, 0) is 11.8 Å². The van der Waals surface area contributed by atoms with Crippen molar-refractivity contribution in [2.45, 2.75) is 53.4 Å². The minimum absolute atomic E-state index is 0.0727. The summed E-state index contributed by atoms with van der Waals surface area (Å²) in [7, 11) is 0. The molecule has 0 aromatic carbocycles. The molecule has 1 atom stereocenters. The smallest absolute Gasteiger partial charge is 0.233 e. The molecule has 2 amide bonds. The van der Waals surface area contributed by atoms with Crippen LogP contribution < -0.4 is 0 Å². The largest absolute Gasteiger partial charge is 0.300 e. The molecule has 1 aliphatic rings. The molecule has 0 spiro atoms. The Morgan fingerprint density at radius 3 is 2.39 bits per heavy atom. The highest BCUT2D eigenvalue weighted by Crippen LogP contribution is 2.35. The van der Waals surface area contributed by atoms with Gasteiger partial charge in [0, 0.05) is 25.8 Å². The Morgan fingerprint density at radius 2 is 1.94 bits per heavy atom. The predicted molar refractivity (Wildman–Crippen MR) is 68.8 cm³/mol. The van der Waals surface area contributed by atoms with Crippen LogP contribution in [0.5, 0.6) is 0 Å². The molecular formula is C14H23NO3. The van der Waals surface area contributed by atoms with Crippen molar-refractivity contribution in [3.8, 4) is 0 Å². The molecule has 18 heavy (non-hydrogen) atoms. The van der Waals surface area contributed by atoms with Crippen LogP contribution in [-0.4, -0.2) is 29.0 Å². The van der Waals surface area contributed by atoms with Gasteiger partial charge in [-0.2, -0.15) is 0 Å². The Balaban J connectivity index is 2.55. The van der Waals surface area contributed by atoms with Crippen molar-refractivity contribution in [3.63, 3.8) is 0 Å². The van der Waals surface area contributed by atoms with Crippen LogP contribution in [0.15, 0.2) is 0 Å². The number of Topliss-reactive ketones (excluding diaryl/α,β-unsaturated/α-hetero) is 1. The number of nitrogens with zero attached hydrogens (tertiary/aromatic N) is 1. The van der Waals surface area contributed by atoms with Crippen LogP contribution in [0.4, 0.5) is 0 Å². The molecule has 1 unspecified atom stereocenters. The zero-order valence-electron chi connectivity index (χ0n) is 11.8. The normalized spacial score (nSPS) is 20.7. The number of carbonyl (C=O) groups excluding carboxylic acids is 3. The van der Waals surface area contributed by atoms with Gasteiger partial charge in [0.1, 0.15) is 5.78 Å². The average molecular weight is 253 g/mol. The maximum atomic E-state index is 12.1. The fraction of sp³-hybridized carbons (Fsp3) is 0.786. The Labute approximate surface area is 109 Å². The molecule has 0 bridgehead atoms. The summed E-state index contributed by atoms with van der Waals surface area (Å²) in [5, 5.41) is 0. The first-order chi connectivity index (χ1) is 8.27.